The monoisotopic (exact) mass is 359 g/mol. The van der Waals surface area contributed by atoms with Crippen molar-refractivity contribution in [3.05, 3.63) is 47.4 Å². The van der Waals surface area contributed by atoms with Crippen LogP contribution >= 0.6 is 11.3 Å². The lowest BCUT2D eigenvalue weighted by Gasteiger charge is -2.27. The van der Waals surface area contributed by atoms with Crippen LogP contribution in [0.15, 0.2) is 30.3 Å². The molecule has 0 saturated carbocycles. The van der Waals surface area contributed by atoms with E-state index in [1.54, 1.807) is 24.3 Å². The molecule has 1 N–H and O–H groups in total. The number of amides is 1. The molecule has 1 aromatic carbocycles. The molecule has 2 aromatic heterocycles. The number of fused-ring (bicyclic) bond motifs is 1. The molecule has 0 spiro atoms. The number of anilines is 1. The number of hydrogen-bond acceptors (Lipinski definition) is 6. The highest BCUT2D eigenvalue weighted by Crippen LogP contribution is 2.41. The third-order valence-corrected chi connectivity index (χ3v) is 4.97. The Hall–Kier alpha value is -2.58. The van der Waals surface area contributed by atoms with Crippen LogP contribution in [0, 0.1) is 5.95 Å². The van der Waals surface area contributed by atoms with E-state index in [9.17, 15) is 9.18 Å². The zero-order valence-electron chi connectivity index (χ0n) is 13.3. The van der Waals surface area contributed by atoms with Crippen LogP contribution in [0.5, 0.6) is 5.88 Å². The molecule has 128 valence electrons. The molecule has 25 heavy (non-hydrogen) atoms. The Balaban J connectivity index is 1.75. The van der Waals surface area contributed by atoms with Gasteiger partial charge in [0.25, 0.3) is 5.91 Å². The second-order valence-corrected chi connectivity index (χ2v) is 6.49. The van der Waals surface area contributed by atoms with Crippen LogP contribution in [0.3, 0.4) is 0 Å². The maximum Gasteiger partial charge on any atom is 0.257 e. The molecule has 1 saturated heterocycles. The third-order valence-electron chi connectivity index (χ3n) is 3.97. The van der Waals surface area contributed by atoms with Gasteiger partial charge in [0.1, 0.15) is 5.52 Å². The molecule has 3 heterocycles. The van der Waals surface area contributed by atoms with Crippen molar-refractivity contribution in [3.8, 4) is 5.88 Å². The van der Waals surface area contributed by atoms with Crippen molar-refractivity contribution >= 4 is 32.6 Å². The van der Waals surface area contributed by atoms with E-state index in [2.05, 4.69) is 15.3 Å². The van der Waals surface area contributed by atoms with Crippen molar-refractivity contribution in [2.75, 3.05) is 19.0 Å². The van der Waals surface area contributed by atoms with E-state index in [1.165, 1.54) is 18.4 Å². The third kappa shape index (κ3) is 2.83. The highest BCUT2D eigenvalue weighted by Gasteiger charge is 2.30. The van der Waals surface area contributed by atoms with Crippen LogP contribution in [-0.2, 0) is 4.74 Å². The van der Waals surface area contributed by atoms with Gasteiger partial charge in [0.15, 0.2) is 5.13 Å². The zero-order valence-corrected chi connectivity index (χ0v) is 14.1. The van der Waals surface area contributed by atoms with Crippen molar-refractivity contribution in [3.63, 3.8) is 0 Å². The van der Waals surface area contributed by atoms with Crippen LogP contribution in [0.25, 0.3) is 10.2 Å². The number of hydrogen-bond donors (Lipinski definition) is 1. The van der Waals surface area contributed by atoms with Crippen molar-refractivity contribution < 1.29 is 18.7 Å². The summed E-state index contributed by atoms with van der Waals surface area (Å²) < 4.78 is 25.5. The quantitative estimate of drug-likeness (QED) is 0.721. The molecule has 8 heteroatoms. The molecule has 3 aromatic rings. The highest BCUT2D eigenvalue weighted by molar-refractivity contribution is 7.22. The number of nitrogens with zero attached hydrogens (tertiary/aromatic N) is 2. The fourth-order valence-electron chi connectivity index (χ4n) is 2.64. The summed E-state index contributed by atoms with van der Waals surface area (Å²) in [7, 11) is 1.41. The molecule has 1 fully saturated rings. The summed E-state index contributed by atoms with van der Waals surface area (Å²) in [4.78, 5) is 20.5. The zero-order chi connectivity index (χ0) is 17.4. The summed E-state index contributed by atoms with van der Waals surface area (Å²) in [6.45, 7) is 0.591. The average molecular weight is 359 g/mol. The molecule has 0 aliphatic carbocycles. The van der Waals surface area contributed by atoms with Gasteiger partial charge in [-0.2, -0.15) is 9.37 Å². The van der Waals surface area contributed by atoms with Crippen LogP contribution in [0.4, 0.5) is 9.52 Å². The molecule has 0 bridgehead atoms. The van der Waals surface area contributed by atoms with Gasteiger partial charge in [-0.3, -0.25) is 10.1 Å². The standard InChI is InChI=1S/C17H14FN3O3S/c1-23-16-12-13(11(14(18)20-16)10-7-8-24-10)25-17(19-12)21-15(22)9-5-3-2-4-6-9/h2-6,10H,7-8H2,1H3,(H,19,21,22). The Kier molecular flexibility index (Phi) is 4.06. The van der Waals surface area contributed by atoms with E-state index in [-0.39, 0.29) is 17.9 Å². The largest absolute Gasteiger partial charge is 0.479 e. The Morgan fingerprint density at radius 3 is 2.76 bits per heavy atom. The van der Waals surface area contributed by atoms with Crippen LogP contribution in [-0.4, -0.2) is 29.6 Å². The normalized spacial score (nSPS) is 16.5. The van der Waals surface area contributed by atoms with E-state index < -0.39 is 5.95 Å². The minimum Gasteiger partial charge on any atom is -0.479 e. The Morgan fingerprint density at radius 2 is 2.12 bits per heavy atom. The number of pyridine rings is 1. The van der Waals surface area contributed by atoms with Gasteiger partial charge in [0.2, 0.25) is 11.8 Å². The predicted molar refractivity (Wildman–Crippen MR) is 91.6 cm³/mol. The summed E-state index contributed by atoms with van der Waals surface area (Å²) in [5.41, 5.74) is 1.31. The first kappa shape index (κ1) is 15.9. The maximum atomic E-state index is 14.4. The van der Waals surface area contributed by atoms with Gasteiger partial charge >= 0.3 is 0 Å². The van der Waals surface area contributed by atoms with Crippen LogP contribution in [0.2, 0.25) is 0 Å². The number of aromatic nitrogens is 2. The predicted octanol–water partition coefficient (Wildman–Crippen LogP) is 3.55. The second kappa shape index (κ2) is 6.38. The minimum atomic E-state index is -0.626. The van der Waals surface area contributed by atoms with Gasteiger partial charge in [-0.25, -0.2) is 4.98 Å². The number of benzene rings is 1. The lowest BCUT2D eigenvalue weighted by Crippen LogP contribution is -2.20. The topological polar surface area (TPSA) is 73.3 Å². The SMILES string of the molecule is COc1nc(F)c(C2CCO2)c2sc(NC(=O)c3ccccc3)nc12. The smallest absolute Gasteiger partial charge is 0.257 e. The summed E-state index contributed by atoms with van der Waals surface area (Å²) in [5.74, 6) is -0.820. The fraction of sp³-hybridized carbons (Fsp3) is 0.235. The number of carbonyl (C=O) groups excluding carboxylic acids is 1. The Bertz CT molecular complexity index is 941. The van der Waals surface area contributed by atoms with E-state index >= 15 is 0 Å². The summed E-state index contributed by atoms with van der Waals surface area (Å²) in [5, 5.41) is 3.10. The average Bonchev–Trinajstić information content (AvgIpc) is 2.99. The minimum absolute atomic E-state index is 0.0898. The van der Waals surface area contributed by atoms with Gasteiger partial charge in [-0.15, -0.1) is 0 Å². The first-order valence-corrected chi connectivity index (χ1v) is 8.51. The van der Waals surface area contributed by atoms with Gasteiger partial charge in [-0.05, 0) is 12.1 Å². The summed E-state index contributed by atoms with van der Waals surface area (Å²) >= 11 is 1.19. The number of halogens is 1. The molecule has 1 aliphatic rings. The van der Waals surface area contributed by atoms with Gasteiger partial charge in [-0.1, -0.05) is 29.5 Å². The first-order chi connectivity index (χ1) is 12.2. The van der Waals surface area contributed by atoms with Crippen molar-refractivity contribution in [1.29, 1.82) is 0 Å². The Morgan fingerprint density at radius 1 is 1.36 bits per heavy atom. The number of methoxy groups -OCH3 is 1. The molecule has 4 rings (SSSR count). The number of thiazole rings is 1. The number of ether oxygens (including phenoxy) is 2. The van der Waals surface area contributed by atoms with Crippen molar-refractivity contribution in [2.24, 2.45) is 0 Å². The highest BCUT2D eigenvalue weighted by atomic mass is 32.1. The molecule has 1 unspecified atom stereocenters. The van der Waals surface area contributed by atoms with Gasteiger partial charge < -0.3 is 9.47 Å². The maximum absolute atomic E-state index is 14.4. The van der Waals surface area contributed by atoms with Crippen LogP contribution in [0.1, 0.15) is 28.4 Å². The van der Waals surface area contributed by atoms with E-state index in [1.807, 2.05) is 6.07 Å². The lowest BCUT2D eigenvalue weighted by molar-refractivity contribution is -0.0539. The number of rotatable bonds is 4. The van der Waals surface area contributed by atoms with E-state index in [0.29, 0.717) is 33.1 Å². The molecule has 1 aliphatic heterocycles. The molecule has 1 atom stereocenters. The Labute approximate surface area is 146 Å². The van der Waals surface area contributed by atoms with Gasteiger partial charge in [0.05, 0.1) is 30.1 Å². The first-order valence-electron chi connectivity index (χ1n) is 7.69. The van der Waals surface area contributed by atoms with Crippen LogP contribution < -0.4 is 10.1 Å². The van der Waals surface area contributed by atoms with E-state index in [0.717, 1.165) is 6.42 Å². The summed E-state index contributed by atoms with van der Waals surface area (Å²) in [6, 6.07) is 8.80. The van der Waals surface area contributed by atoms with E-state index in [4.69, 9.17) is 9.47 Å². The molecular formula is C17H14FN3O3S. The molecular weight excluding hydrogens is 345 g/mol. The summed E-state index contributed by atoms with van der Waals surface area (Å²) in [6.07, 6.45) is 0.392. The lowest BCUT2D eigenvalue weighted by atomic mass is 10.0. The number of nitrogens with one attached hydrogen (secondary N) is 1. The van der Waals surface area contributed by atoms with Crippen molar-refractivity contribution in [2.45, 2.75) is 12.5 Å². The fourth-order valence-corrected chi connectivity index (χ4v) is 3.67. The number of carbonyl (C=O) groups is 1. The molecule has 6 nitrogen and oxygen atoms in total. The molecule has 1 amide bonds. The van der Waals surface area contributed by atoms with Gasteiger partial charge in [0, 0.05) is 12.0 Å². The molecule has 0 radical (unpaired) electrons. The van der Waals surface area contributed by atoms with Crippen molar-refractivity contribution in [1.82, 2.24) is 9.97 Å². The second-order valence-electron chi connectivity index (χ2n) is 5.49.